The van der Waals surface area contributed by atoms with E-state index in [1.54, 1.807) is 19.1 Å². The van der Waals surface area contributed by atoms with Crippen molar-refractivity contribution in [1.29, 1.82) is 0 Å². The first kappa shape index (κ1) is 20.3. The molecule has 2 heterocycles. The molecule has 1 aliphatic heterocycles. The van der Waals surface area contributed by atoms with Gasteiger partial charge in [-0.3, -0.25) is 4.90 Å². The second-order valence-electron chi connectivity index (χ2n) is 6.68. The number of hydrogen-bond acceptors (Lipinski definition) is 5. The van der Waals surface area contributed by atoms with E-state index in [-0.39, 0.29) is 6.61 Å². The van der Waals surface area contributed by atoms with Gasteiger partial charge in [0.05, 0.1) is 6.61 Å². The van der Waals surface area contributed by atoms with Crippen molar-refractivity contribution in [3.8, 4) is 0 Å². The van der Waals surface area contributed by atoms with Crippen molar-refractivity contribution in [2.75, 3.05) is 25.0 Å². The van der Waals surface area contributed by atoms with Crippen LogP contribution in [0.4, 0.5) is 10.2 Å². The molecule has 148 valence electrons. The Kier molecular flexibility index (Phi) is 7.01. The van der Waals surface area contributed by atoms with Gasteiger partial charge in [-0.05, 0) is 54.8 Å². The van der Waals surface area contributed by atoms with E-state index >= 15 is 0 Å². The Morgan fingerprint density at radius 1 is 1.36 bits per heavy atom. The molecule has 0 radical (unpaired) electrons. The average Bonchev–Trinajstić information content (AvgIpc) is 3.12. The van der Waals surface area contributed by atoms with Crippen molar-refractivity contribution >= 4 is 29.5 Å². The average molecular weight is 404 g/mol. The number of hydrogen-bond donors (Lipinski definition) is 1. The van der Waals surface area contributed by atoms with Crippen LogP contribution in [0.2, 0.25) is 5.02 Å². The molecule has 0 spiro atoms. The number of pyridine rings is 1. The predicted octanol–water partition coefficient (Wildman–Crippen LogP) is 4.29. The summed E-state index contributed by atoms with van der Waals surface area (Å²) >= 11 is 5.93. The highest BCUT2D eigenvalue weighted by atomic mass is 35.5. The molecule has 5 nitrogen and oxygen atoms in total. The van der Waals surface area contributed by atoms with Gasteiger partial charge in [-0.25, -0.2) is 9.78 Å². The SMILES string of the molecule is CCOC(=O)C(F)=Cc1ccc(N[C@@H]2CCN(Cc3ccc(Cl)cc3)C2)nc1. The molecule has 1 fully saturated rings. The number of carbonyl (C=O) groups excluding carboxylic acids is 1. The molecule has 0 amide bonds. The van der Waals surface area contributed by atoms with Crippen LogP contribution in [0.5, 0.6) is 0 Å². The Balaban J connectivity index is 1.51. The lowest BCUT2D eigenvalue weighted by Gasteiger charge is -2.17. The minimum Gasteiger partial charge on any atom is -0.461 e. The summed E-state index contributed by atoms with van der Waals surface area (Å²) < 4.78 is 18.3. The molecule has 0 bridgehead atoms. The van der Waals surface area contributed by atoms with Crippen molar-refractivity contribution in [2.45, 2.75) is 25.9 Å². The van der Waals surface area contributed by atoms with Crippen molar-refractivity contribution < 1.29 is 13.9 Å². The number of benzene rings is 1. The molecule has 7 heteroatoms. The number of carbonyl (C=O) groups is 1. The second-order valence-corrected chi connectivity index (χ2v) is 7.12. The summed E-state index contributed by atoms with van der Waals surface area (Å²) in [5, 5.41) is 4.16. The Hall–Kier alpha value is -2.44. The van der Waals surface area contributed by atoms with E-state index in [0.29, 0.717) is 11.6 Å². The molecule has 2 aromatic rings. The van der Waals surface area contributed by atoms with Crippen LogP contribution in [0.3, 0.4) is 0 Å². The summed E-state index contributed by atoms with van der Waals surface area (Å²) in [5.74, 6) is -1.17. The van der Waals surface area contributed by atoms with Crippen LogP contribution in [-0.4, -0.2) is 41.6 Å². The van der Waals surface area contributed by atoms with Gasteiger partial charge < -0.3 is 10.1 Å². The number of ether oxygens (including phenoxy) is 1. The Morgan fingerprint density at radius 2 is 2.14 bits per heavy atom. The fourth-order valence-corrected chi connectivity index (χ4v) is 3.26. The van der Waals surface area contributed by atoms with Gasteiger partial charge in [-0.1, -0.05) is 23.7 Å². The zero-order valence-electron chi connectivity index (χ0n) is 15.7. The largest absolute Gasteiger partial charge is 0.461 e. The zero-order valence-corrected chi connectivity index (χ0v) is 16.5. The normalized spacial score (nSPS) is 17.5. The Bertz CT molecular complexity index is 825. The van der Waals surface area contributed by atoms with E-state index in [1.807, 2.05) is 24.3 Å². The van der Waals surface area contributed by atoms with Gasteiger partial charge in [0.25, 0.3) is 0 Å². The fraction of sp³-hybridized carbons (Fsp3) is 0.333. The molecule has 3 rings (SSSR count). The van der Waals surface area contributed by atoms with Crippen LogP contribution >= 0.6 is 11.6 Å². The predicted molar refractivity (Wildman–Crippen MR) is 109 cm³/mol. The smallest absolute Gasteiger partial charge is 0.367 e. The molecule has 28 heavy (non-hydrogen) atoms. The maximum Gasteiger partial charge on any atom is 0.367 e. The summed E-state index contributed by atoms with van der Waals surface area (Å²) in [6.45, 7) is 4.58. The van der Waals surface area contributed by atoms with Crippen LogP contribution in [0, 0.1) is 0 Å². The van der Waals surface area contributed by atoms with E-state index in [9.17, 15) is 9.18 Å². The number of esters is 1. The van der Waals surface area contributed by atoms with Crippen molar-refractivity contribution in [2.24, 2.45) is 0 Å². The minimum atomic E-state index is -0.962. The van der Waals surface area contributed by atoms with Gasteiger partial charge in [0.1, 0.15) is 5.82 Å². The molecule has 1 N–H and O–H groups in total. The highest BCUT2D eigenvalue weighted by Crippen LogP contribution is 2.19. The van der Waals surface area contributed by atoms with Crippen molar-refractivity contribution in [1.82, 2.24) is 9.88 Å². The van der Waals surface area contributed by atoms with Gasteiger partial charge in [0.2, 0.25) is 5.83 Å². The first-order chi connectivity index (χ1) is 13.5. The monoisotopic (exact) mass is 403 g/mol. The maximum atomic E-state index is 13.7. The summed E-state index contributed by atoms with van der Waals surface area (Å²) in [4.78, 5) is 18.0. The van der Waals surface area contributed by atoms with Crippen molar-refractivity contribution in [3.05, 3.63) is 64.6 Å². The molecular formula is C21H23ClFN3O2. The van der Waals surface area contributed by atoms with Crippen LogP contribution in [-0.2, 0) is 16.1 Å². The summed E-state index contributed by atoms with van der Waals surface area (Å²) in [6, 6.07) is 11.7. The third-order valence-electron chi connectivity index (χ3n) is 4.49. The molecule has 1 saturated heterocycles. The number of halogens is 2. The maximum absolute atomic E-state index is 13.7. The van der Waals surface area contributed by atoms with Crippen LogP contribution in [0.15, 0.2) is 48.4 Å². The molecule has 1 aliphatic rings. The summed E-state index contributed by atoms with van der Waals surface area (Å²) in [5.41, 5.74) is 1.75. The van der Waals surface area contributed by atoms with E-state index in [2.05, 4.69) is 19.9 Å². The third kappa shape index (κ3) is 5.78. The Labute approximate surface area is 169 Å². The van der Waals surface area contributed by atoms with Crippen LogP contribution < -0.4 is 5.32 Å². The second kappa shape index (κ2) is 9.66. The number of aromatic nitrogens is 1. The number of rotatable bonds is 7. The van der Waals surface area contributed by atoms with Crippen molar-refractivity contribution in [3.63, 3.8) is 0 Å². The molecule has 1 aromatic carbocycles. The Morgan fingerprint density at radius 3 is 2.82 bits per heavy atom. The number of likely N-dealkylation sites (tertiary alicyclic amines) is 1. The summed E-state index contributed by atoms with van der Waals surface area (Å²) in [6.07, 6.45) is 3.67. The lowest BCUT2D eigenvalue weighted by molar-refractivity contribution is -0.140. The molecule has 0 unspecified atom stereocenters. The first-order valence-corrected chi connectivity index (χ1v) is 9.65. The van der Waals surface area contributed by atoms with E-state index < -0.39 is 11.8 Å². The third-order valence-corrected chi connectivity index (χ3v) is 4.75. The van der Waals surface area contributed by atoms with Crippen LogP contribution in [0.25, 0.3) is 6.08 Å². The molecule has 1 aromatic heterocycles. The fourth-order valence-electron chi connectivity index (χ4n) is 3.13. The molecular weight excluding hydrogens is 381 g/mol. The number of nitrogens with zero attached hydrogens (tertiary/aromatic N) is 2. The highest BCUT2D eigenvalue weighted by Gasteiger charge is 2.22. The molecule has 0 aliphatic carbocycles. The lowest BCUT2D eigenvalue weighted by atomic mass is 10.2. The minimum absolute atomic E-state index is 0.137. The standard InChI is InChI=1S/C21H23ClFN3O2/c1-2-28-21(27)19(23)11-16-5-8-20(24-12-16)25-18-9-10-26(14-18)13-15-3-6-17(22)7-4-15/h3-8,11-12,18H,2,9-10,13-14H2,1H3,(H,24,25)/t18-/m1/s1. The van der Waals surface area contributed by atoms with Crippen LogP contribution in [0.1, 0.15) is 24.5 Å². The van der Waals surface area contributed by atoms with Gasteiger partial charge in [-0.2, -0.15) is 4.39 Å². The zero-order chi connectivity index (χ0) is 19.9. The lowest BCUT2D eigenvalue weighted by Crippen LogP contribution is -2.26. The van der Waals surface area contributed by atoms with E-state index in [1.165, 1.54) is 11.8 Å². The van der Waals surface area contributed by atoms with E-state index in [0.717, 1.165) is 43.0 Å². The highest BCUT2D eigenvalue weighted by molar-refractivity contribution is 6.30. The van der Waals surface area contributed by atoms with Gasteiger partial charge in [-0.15, -0.1) is 0 Å². The summed E-state index contributed by atoms with van der Waals surface area (Å²) in [7, 11) is 0. The quantitative estimate of drug-likeness (QED) is 0.552. The van der Waals surface area contributed by atoms with Gasteiger partial charge in [0, 0.05) is 36.9 Å². The number of nitrogens with one attached hydrogen (secondary N) is 1. The van der Waals surface area contributed by atoms with Gasteiger partial charge >= 0.3 is 5.97 Å². The number of anilines is 1. The topological polar surface area (TPSA) is 54.5 Å². The first-order valence-electron chi connectivity index (χ1n) is 9.27. The van der Waals surface area contributed by atoms with E-state index in [4.69, 9.17) is 11.6 Å². The molecule has 0 saturated carbocycles. The van der Waals surface area contributed by atoms with Gasteiger partial charge in [0.15, 0.2) is 0 Å². The molecule has 1 atom stereocenters.